The Morgan fingerprint density at radius 1 is 0.912 bits per heavy atom. The second-order valence-electron chi connectivity index (χ2n) is 8.47. The molecule has 3 heterocycles. The third-order valence-corrected chi connectivity index (χ3v) is 6.12. The van der Waals surface area contributed by atoms with Crippen molar-refractivity contribution in [3.8, 4) is 16.9 Å². The topological polar surface area (TPSA) is 55.5 Å². The standard InChI is InChI=1S/C28H27N5O/c1-22-10-12-23(13-11-22)28-24(21-33(30-28)25-7-3-2-4-8-25)14-15-27(34)32-19-17-31(18-20-32)26-9-5-6-16-29-26/h2-16,21H,17-20H2,1H3/p+1/b15-14+. The molecule has 5 rings (SSSR count). The van der Waals surface area contributed by atoms with Gasteiger partial charge in [0.15, 0.2) is 0 Å². The normalized spacial score (nSPS) is 14.0. The summed E-state index contributed by atoms with van der Waals surface area (Å²) in [6.45, 7) is 5.07. The Kier molecular flexibility index (Phi) is 6.21. The molecule has 0 bridgehead atoms. The van der Waals surface area contributed by atoms with Gasteiger partial charge < -0.3 is 4.90 Å². The van der Waals surface area contributed by atoms with Crippen molar-refractivity contribution < 1.29 is 9.78 Å². The molecular formula is C28H28N5O+. The molecule has 0 spiro atoms. The lowest BCUT2D eigenvalue weighted by Gasteiger charge is -2.30. The van der Waals surface area contributed by atoms with E-state index in [1.165, 1.54) is 5.56 Å². The van der Waals surface area contributed by atoms with Crippen LogP contribution in [0.25, 0.3) is 23.0 Å². The first-order valence-corrected chi connectivity index (χ1v) is 11.6. The minimum absolute atomic E-state index is 0.0269. The zero-order valence-electron chi connectivity index (χ0n) is 19.3. The minimum Gasteiger partial charge on any atom is -0.331 e. The first-order chi connectivity index (χ1) is 16.7. The average Bonchev–Trinajstić information content (AvgIpc) is 3.33. The molecular weight excluding hydrogens is 422 g/mol. The Hall–Kier alpha value is -4.19. The van der Waals surface area contributed by atoms with Crippen LogP contribution in [0.2, 0.25) is 0 Å². The highest BCUT2D eigenvalue weighted by Gasteiger charge is 2.25. The molecule has 34 heavy (non-hydrogen) atoms. The van der Waals surface area contributed by atoms with Gasteiger partial charge in [0, 0.05) is 29.5 Å². The van der Waals surface area contributed by atoms with Crippen LogP contribution >= 0.6 is 0 Å². The molecule has 0 radical (unpaired) electrons. The Balaban J connectivity index is 1.34. The van der Waals surface area contributed by atoms with E-state index in [9.17, 15) is 4.79 Å². The first kappa shape index (κ1) is 21.6. The molecule has 1 saturated heterocycles. The van der Waals surface area contributed by atoms with Crippen molar-refractivity contribution in [3.63, 3.8) is 0 Å². The van der Waals surface area contributed by atoms with Crippen LogP contribution in [0.1, 0.15) is 11.1 Å². The summed E-state index contributed by atoms with van der Waals surface area (Å²) in [6, 6.07) is 24.4. The minimum atomic E-state index is 0.0269. The summed E-state index contributed by atoms with van der Waals surface area (Å²) in [7, 11) is 0. The van der Waals surface area contributed by atoms with Crippen LogP contribution < -0.4 is 9.88 Å². The third-order valence-electron chi connectivity index (χ3n) is 6.12. The van der Waals surface area contributed by atoms with E-state index in [1.807, 2.05) is 70.5 Å². The van der Waals surface area contributed by atoms with Gasteiger partial charge in [-0.1, -0.05) is 54.1 Å². The van der Waals surface area contributed by atoms with E-state index >= 15 is 0 Å². The van der Waals surface area contributed by atoms with Crippen molar-refractivity contribution in [1.82, 2.24) is 14.7 Å². The van der Waals surface area contributed by atoms with Crippen LogP contribution in [0.3, 0.4) is 0 Å². The zero-order chi connectivity index (χ0) is 23.3. The number of para-hydroxylation sites is 1. The van der Waals surface area contributed by atoms with Crippen LogP contribution in [0.4, 0.5) is 5.82 Å². The van der Waals surface area contributed by atoms with Crippen molar-refractivity contribution in [2.45, 2.75) is 6.92 Å². The molecule has 170 valence electrons. The molecule has 6 heteroatoms. The number of anilines is 1. The summed E-state index contributed by atoms with van der Waals surface area (Å²) in [4.78, 5) is 20.4. The number of carbonyl (C=O) groups excluding carboxylic acids is 1. The number of hydrogen-bond donors (Lipinski definition) is 0. The Morgan fingerprint density at radius 3 is 2.35 bits per heavy atom. The van der Waals surface area contributed by atoms with Crippen LogP contribution in [0.5, 0.6) is 0 Å². The number of amides is 1. The lowest BCUT2D eigenvalue weighted by atomic mass is 10.1. The first-order valence-electron chi connectivity index (χ1n) is 11.6. The quantitative estimate of drug-likeness (QED) is 0.432. The summed E-state index contributed by atoms with van der Waals surface area (Å²) in [5, 5.41) is 4.84. The maximum atomic E-state index is 13.0. The fourth-order valence-electron chi connectivity index (χ4n) is 4.17. The second-order valence-corrected chi connectivity index (χ2v) is 8.47. The van der Waals surface area contributed by atoms with E-state index < -0.39 is 0 Å². The molecule has 0 atom stereocenters. The molecule has 6 nitrogen and oxygen atoms in total. The molecule has 1 amide bonds. The van der Waals surface area contributed by atoms with Gasteiger partial charge in [-0.05, 0) is 31.2 Å². The fraction of sp³-hybridized carbons (Fsp3) is 0.179. The highest BCUT2D eigenvalue weighted by molar-refractivity contribution is 5.93. The Bertz CT molecular complexity index is 1270. The number of aromatic amines is 1. The molecule has 2 aromatic heterocycles. The van der Waals surface area contributed by atoms with Gasteiger partial charge in [-0.2, -0.15) is 5.10 Å². The molecule has 1 fully saturated rings. The van der Waals surface area contributed by atoms with E-state index in [0.29, 0.717) is 13.1 Å². The van der Waals surface area contributed by atoms with Crippen molar-refractivity contribution in [2.24, 2.45) is 0 Å². The highest BCUT2D eigenvalue weighted by Crippen LogP contribution is 2.25. The smallest absolute Gasteiger partial charge is 0.274 e. The predicted molar refractivity (Wildman–Crippen MR) is 135 cm³/mol. The highest BCUT2D eigenvalue weighted by atomic mass is 16.2. The summed E-state index contributed by atoms with van der Waals surface area (Å²) in [5.74, 6) is 1.11. The van der Waals surface area contributed by atoms with Crippen molar-refractivity contribution >= 4 is 17.8 Å². The number of H-pyrrole nitrogens is 1. The summed E-state index contributed by atoms with van der Waals surface area (Å²) in [5.41, 5.74) is 4.98. The van der Waals surface area contributed by atoms with E-state index in [-0.39, 0.29) is 5.91 Å². The van der Waals surface area contributed by atoms with Crippen molar-refractivity contribution in [2.75, 3.05) is 31.1 Å². The predicted octanol–water partition coefficient (Wildman–Crippen LogP) is 4.02. The van der Waals surface area contributed by atoms with Gasteiger partial charge in [0.25, 0.3) is 5.82 Å². The van der Waals surface area contributed by atoms with Crippen LogP contribution in [-0.2, 0) is 4.79 Å². The Morgan fingerprint density at radius 2 is 1.65 bits per heavy atom. The number of nitrogens with zero attached hydrogens (tertiary/aromatic N) is 4. The van der Waals surface area contributed by atoms with E-state index in [4.69, 9.17) is 5.10 Å². The fourth-order valence-corrected chi connectivity index (χ4v) is 4.17. The molecule has 2 aromatic carbocycles. The summed E-state index contributed by atoms with van der Waals surface area (Å²) < 4.78 is 1.87. The number of aryl methyl sites for hydroxylation is 1. The molecule has 1 aliphatic rings. The Labute approximate surface area is 199 Å². The monoisotopic (exact) mass is 450 g/mol. The van der Waals surface area contributed by atoms with E-state index in [2.05, 4.69) is 47.1 Å². The lowest BCUT2D eigenvalue weighted by Crippen LogP contribution is -2.49. The van der Waals surface area contributed by atoms with E-state index in [1.54, 1.807) is 6.08 Å². The maximum Gasteiger partial charge on any atom is 0.274 e. The zero-order valence-corrected chi connectivity index (χ0v) is 19.3. The van der Waals surface area contributed by atoms with Gasteiger partial charge >= 0.3 is 0 Å². The number of carbonyl (C=O) groups is 1. The lowest BCUT2D eigenvalue weighted by molar-refractivity contribution is -0.364. The van der Waals surface area contributed by atoms with Crippen molar-refractivity contribution in [1.29, 1.82) is 0 Å². The average molecular weight is 451 g/mol. The molecule has 1 aliphatic heterocycles. The SMILES string of the molecule is Cc1ccc(-c2nn(-c3ccccc3)cc2/C=C/C(=O)N2CCN(c3cccc[nH+]3)CC2)cc1. The van der Waals surface area contributed by atoms with Gasteiger partial charge in [0.1, 0.15) is 13.1 Å². The van der Waals surface area contributed by atoms with Gasteiger partial charge in [0.05, 0.1) is 30.7 Å². The number of nitrogens with one attached hydrogen (secondary N) is 1. The molecule has 0 saturated carbocycles. The third kappa shape index (κ3) is 4.76. The molecule has 0 aliphatic carbocycles. The van der Waals surface area contributed by atoms with Gasteiger partial charge in [-0.3, -0.25) is 9.69 Å². The molecule has 0 unspecified atom stereocenters. The number of rotatable bonds is 5. The maximum absolute atomic E-state index is 13.0. The summed E-state index contributed by atoms with van der Waals surface area (Å²) >= 11 is 0. The van der Waals surface area contributed by atoms with E-state index in [0.717, 1.165) is 41.4 Å². The summed E-state index contributed by atoms with van der Waals surface area (Å²) in [6.07, 6.45) is 7.48. The number of aromatic nitrogens is 3. The number of pyridine rings is 1. The largest absolute Gasteiger partial charge is 0.331 e. The number of hydrogen-bond acceptors (Lipinski definition) is 3. The van der Waals surface area contributed by atoms with Crippen LogP contribution in [0, 0.1) is 6.92 Å². The van der Waals surface area contributed by atoms with Crippen LogP contribution in [0.15, 0.2) is 91.3 Å². The second kappa shape index (κ2) is 9.75. The van der Waals surface area contributed by atoms with Crippen LogP contribution in [-0.4, -0.2) is 46.8 Å². The van der Waals surface area contributed by atoms with Crippen molar-refractivity contribution in [3.05, 3.63) is 102 Å². The van der Waals surface area contributed by atoms with Gasteiger partial charge in [-0.15, -0.1) is 0 Å². The van der Waals surface area contributed by atoms with Gasteiger partial charge in [-0.25, -0.2) is 9.67 Å². The molecule has 4 aromatic rings. The number of benzene rings is 2. The number of piperazine rings is 1. The van der Waals surface area contributed by atoms with Gasteiger partial charge in [0.2, 0.25) is 5.91 Å². The molecule has 1 N–H and O–H groups in total.